The predicted octanol–water partition coefficient (Wildman–Crippen LogP) is 3.89. The summed E-state index contributed by atoms with van der Waals surface area (Å²) in [5.74, 6) is 0.520. The third-order valence-electron chi connectivity index (χ3n) is 2.98. The SMILES string of the molecule is Cc1ccc(OC[C@@H](C)NC(=S)Nc2cccc(F)c2)cc1. The van der Waals surface area contributed by atoms with Crippen molar-refractivity contribution in [1.29, 1.82) is 0 Å². The second kappa shape index (κ2) is 7.75. The normalized spacial score (nSPS) is 11.6. The van der Waals surface area contributed by atoms with Crippen LogP contribution < -0.4 is 15.4 Å². The summed E-state index contributed by atoms with van der Waals surface area (Å²) in [6, 6.07) is 14.1. The summed E-state index contributed by atoms with van der Waals surface area (Å²) in [5, 5.41) is 6.48. The van der Waals surface area contributed by atoms with Gasteiger partial charge in [0, 0.05) is 5.69 Å². The molecule has 0 heterocycles. The molecule has 22 heavy (non-hydrogen) atoms. The van der Waals surface area contributed by atoms with E-state index in [0.29, 0.717) is 17.4 Å². The van der Waals surface area contributed by atoms with E-state index in [4.69, 9.17) is 17.0 Å². The lowest BCUT2D eigenvalue weighted by Gasteiger charge is -2.17. The summed E-state index contributed by atoms with van der Waals surface area (Å²) in [4.78, 5) is 0. The van der Waals surface area contributed by atoms with E-state index in [2.05, 4.69) is 10.6 Å². The Bertz CT molecular complexity index is 631. The molecule has 0 spiro atoms. The smallest absolute Gasteiger partial charge is 0.171 e. The molecule has 0 fully saturated rings. The lowest BCUT2D eigenvalue weighted by molar-refractivity contribution is 0.287. The fraction of sp³-hybridized carbons (Fsp3) is 0.235. The van der Waals surface area contributed by atoms with Crippen molar-refractivity contribution < 1.29 is 9.13 Å². The van der Waals surface area contributed by atoms with Crippen molar-refractivity contribution in [3.63, 3.8) is 0 Å². The van der Waals surface area contributed by atoms with Crippen LogP contribution in [0.1, 0.15) is 12.5 Å². The van der Waals surface area contributed by atoms with E-state index >= 15 is 0 Å². The Morgan fingerprint density at radius 2 is 1.95 bits per heavy atom. The lowest BCUT2D eigenvalue weighted by Crippen LogP contribution is -2.39. The zero-order chi connectivity index (χ0) is 15.9. The van der Waals surface area contributed by atoms with Gasteiger partial charge in [-0.15, -0.1) is 0 Å². The molecule has 2 aromatic rings. The third-order valence-corrected chi connectivity index (χ3v) is 3.20. The molecule has 0 aliphatic rings. The van der Waals surface area contributed by atoms with Gasteiger partial charge in [0.25, 0.3) is 0 Å². The number of anilines is 1. The molecule has 2 rings (SSSR count). The van der Waals surface area contributed by atoms with E-state index in [1.807, 2.05) is 38.1 Å². The standard InChI is InChI=1S/C17H19FN2OS/c1-12-6-8-16(9-7-12)21-11-13(2)19-17(22)20-15-5-3-4-14(18)10-15/h3-10,13H,11H2,1-2H3,(H2,19,20,22)/t13-/m1/s1. The number of thiocarbonyl (C=S) groups is 1. The van der Waals surface area contributed by atoms with Crippen LogP contribution in [-0.4, -0.2) is 17.8 Å². The van der Waals surface area contributed by atoms with Crippen molar-refractivity contribution >= 4 is 23.0 Å². The van der Waals surface area contributed by atoms with E-state index in [-0.39, 0.29) is 11.9 Å². The number of ether oxygens (including phenoxy) is 1. The quantitative estimate of drug-likeness (QED) is 0.820. The highest BCUT2D eigenvalue weighted by molar-refractivity contribution is 7.80. The Balaban J connectivity index is 1.77. The van der Waals surface area contributed by atoms with Crippen LogP contribution in [-0.2, 0) is 0 Å². The number of hydrogen-bond donors (Lipinski definition) is 2. The highest BCUT2D eigenvalue weighted by Gasteiger charge is 2.06. The van der Waals surface area contributed by atoms with Gasteiger partial charge in [0.2, 0.25) is 0 Å². The summed E-state index contributed by atoms with van der Waals surface area (Å²) in [6.07, 6.45) is 0. The summed E-state index contributed by atoms with van der Waals surface area (Å²) in [7, 11) is 0. The molecule has 0 aliphatic heterocycles. The number of aryl methyl sites for hydroxylation is 1. The number of benzene rings is 2. The van der Waals surface area contributed by atoms with Crippen LogP contribution in [0.5, 0.6) is 5.75 Å². The molecule has 0 radical (unpaired) electrons. The molecule has 116 valence electrons. The Kier molecular flexibility index (Phi) is 5.72. The van der Waals surface area contributed by atoms with Gasteiger partial charge in [-0.25, -0.2) is 4.39 Å². The monoisotopic (exact) mass is 318 g/mol. The second-order valence-corrected chi connectivity index (χ2v) is 5.54. The van der Waals surface area contributed by atoms with Crippen molar-refractivity contribution in [3.05, 3.63) is 59.9 Å². The van der Waals surface area contributed by atoms with Crippen LogP contribution in [0, 0.1) is 12.7 Å². The highest BCUT2D eigenvalue weighted by Crippen LogP contribution is 2.12. The topological polar surface area (TPSA) is 33.3 Å². The number of nitrogens with one attached hydrogen (secondary N) is 2. The first kappa shape index (κ1) is 16.2. The van der Waals surface area contributed by atoms with E-state index in [1.165, 1.54) is 17.7 Å². The molecular formula is C17H19FN2OS. The lowest BCUT2D eigenvalue weighted by atomic mass is 10.2. The average molecular weight is 318 g/mol. The van der Waals surface area contributed by atoms with Crippen LogP contribution in [0.4, 0.5) is 10.1 Å². The molecule has 0 amide bonds. The van der Waals surface area contributed by atoms with Gasteiger partial charge in [0.1, 0.15) is 18.2 Å². The van der Waals surface area contributed by atoms with E-state index in [1.54, 1.807) is 12.1 Å². The Morgan fingerprint density at radius 1 is 1.23 bits per heavy atom. The van der Waals surface area contributed by atoms with Gasteiger partial charge in [0.05, 0.1) is 6.04 Å². The molecular weight excluding hydrogens is 299 g/mol. The maximum atomic E-state index is 13.1. The van der Waals surface area contributed by atoms with Crippen molar-refractivity contribution in [2.45, 2.75) is 19.9 Å². The van der Waals surface area contributed by atoms with E-state index in [0.717, 1.165) is 5.75 Å². The van der Waals surface area contributed by atoms with E-state index < -0.39 is 0 Å². The van der Waals surface area contributed by atoms with Gasteiger partial charge >= 0.3 is 0 Å². The van der Waals surface area contributed by atoms with Gasteiger partial charge < -0.3 is 15.4 Å². The van der Waals surface area contributed by atoms with Crippen molar-refractivity contribution in [2.75, 3.05) is 11.9 Å². The van der Waals surface area contributed by atoms with Gasteiger partial charge in [-0.05, 0) is 56.4 Å². The molecule has 2 aromatic carbocycles. The Hall–Kier alpha value is -2.14. The van der Waals surface area contributed by atoms with Gasteiger partial charge in [0.15, 0.2) is 5.11 Å². The minimum absolute atomic E-state index is 0.0230. The first-order chi connectivity index (χ1) is 10.5. The van der Waals surface area contributed by atoms with Gasteiger partial charge in [-0.2, -0.15) is 0 Å². The zero-order valence-electron chi connectivity index (χ0n) is 12.6. The van der Waals surface area contributed by atoms with Gasteiger partial charge in [-0.3, -0.25) is 0 Å². The van der Waals surface area contributed by atoms with Crippen LogP contribution in [0.2, 0.25) is 0 Å². The molecule has 0 saturated carbocycles. The van der Waals surface area contributed by atoms with Crippen LogP contribution in [0.3, 0.4) is 0 Å². The second-order valence-electron chi connectivity index (χ2n) is 5.13. The molecule has 3 nitrogen and oxygen atoms in total. The maximum Gasteiger partial charge on any atom is 0.171 e. The largest absolute Gasteiger partial charge is 0.491 e. The minimum atomic E-state index is -0.302. The summed E-state index contributed by atoms with van der Waals surface area (Å²) < 4.78 is 18.8. The van der Waals surface area contributed by atoms with Gasteiger partial charge in [-0.1, -0.05) is 23.8 Å². The number of halogens is 1. The minimum Gasteiger partial charge on any atom is -0.491 e. The maximum absolute atomic E-state index is 13.1. The van der Waals surface area contributed by atoms with Crippen LogP contribution in [0.25, 0.3) is 0 Å². The van der Waals surface area contributed by atoms with E-state index in [9.17, 15) is 4.39 Å². The molecule has 2 N–H and O–H groups in total. The summed E-state index contributed by atoms with van der Waals surface area (Å²) in [5.41, 5.74) is 1.81. The molecule has 5 heteroatoms. The number of hydrogen-bond acceptors (Lipinski definition) is 2. The number of rotatable bonds is 5. The Morgan fingerprint density at radius 3 is 2.64 bits per heavy atom. The average Bonchev–Trinajstić information content (AvgIpc) is 2.46. The molecule has 0 bridgehead atoms. The van der Waals surface area contributed by atoms with Crippen LogP contribution in [0.15, 0.2) is 48.5 Å². The van der Waals surface area contributed by atoms with Crippen molar-refractivity contribution in [1.82, 2.24) is 5.32 Å². The van der Waals surface area contributed by atoms with Crippen LogP contribution >= 0.6 is 12.2 Å². The van der Waals surface area contributed by atoms with Crippen molar-refractivity contribution in [2.24, 2.45) is 0 Å². The first-order valence-corrected chi connectivity index (χ1v) is 7.46. The highest BCUT2D eigenvalue weighted by atomic mass is 32.1. The van der Waals surface area contributed by atoms with Crippen molar-refractivity contribution in [3.8, 4) is 5.75 Å². The molecule has 0 unspecified atom stereocenters. The third kappa shape index (κ3) is 5.33. The fourth-order valence-corrected chi connectivity index (χ4v) is 2.17. The molecule has 0 saturated heterocycles. The summed E-state index contributed by atoms with van der Waals surface area (Å²) >= 11 is 5.20. The first-order valence-electron chi connectivity index (χ1n) is 7.05. The fourth-order valence-electron chi connectivity index (χ4n) is 1.85. The summed E-state index contributed by atoms with van der Waals surface area (Å²) in [6.45, 7) is 4.48. The molecule has 1 atom stereocenters. The molecule has 0 aromatic heterocycles. The Labute approximate surface area is 135 Å². The predicted molar refractivity (Wildman–Crippen MR) is 91.9 cm³/mol. The molecule has 0 aliphatic carbocycles. The zero-order valence-corrected chi connectivity index (χ0v) is 13.4.